The first-order valence-electron chi connectivity index (χ1n) is 7.82. The van der Waals surface area contributed by atoms with Crippen molar-refractivity contribution >= 4 is 23.2 Å². The summed E-state index contributed by atoms with van der Waals surface area (Å²) in [6, 6.07) is 15.0. The van der Waals surface area contributed by atoms with Gasteiger partial charge in [-0.05, 0) is 48.5 Å². The van der Waals surface area contributed by atoms with E-state index in [0.29, 0.717) is 11.4 Å². The molecule has 3 aromatic rings. The molecule has 2 amide bonds. The average Bonchev–Trinajstić information content (AvgIpc) is 3.16. The summed E-state index contributed by atoms with van der Waals surface area (Å²) < 4.78 is 33.9. The maximum absolute atomic E-state index is 12.3. The molecule has 0 radical (unpaired) electrons. The smallest absolute Gasteiger partial charge is 0.387 e. The second-order valence-corrected chi connectivity index (χ2v) is 5.37. The minimum atomic E-state index is -2.97. The summed E-state index contributed by atoms with van der Waals surface area (Å²) in [7, 11) is 0. The minimum absolute atomic E-state index is 0.114. The van der Waals surface area contributed by atoms with Crippen molar-refractivity contribution in [1.82, 2.24) is 0 Å². The molecule has 0 aliphatic heterocycles. The fourth-order valence-corrected chi connectivity index (χ4v) is 2.29. The molecule has 0 spiro atoms. The Hall–Kier alpha value is -3.68. The number of anilines is 2. The van der Waals surface area contributed by atoms with Gasteiger partial charge in [0.2, 0.25) is 0 Å². The van der Waals surface area contributed by atoms with E-state index in [2.05, 4.69) is 15.4 Å². The molecule has 3 rings (SSSR count). The highest BCUT2D eigenvalue weighted by Crippen LogP contribution is 2.19. The topological polar surface area (TPSA) is 80.6 Å². The van der Waals surface area contributed by atoms with Crippen LogP contribution in [-0.2, 0) is 0 Å². The number of hydrogen-bond donors (Lipinski definition) is 2. The summed E-state index contributed by atoms with van der Waals surface area (Å²) in [5.74, 6) is -0.901. The van der Waals surface area contributed by atoms with Gasteiger partial charge in [0.25, 0.3) is 11.8 Å². The Kier molecular flexibility index (Phi) is 5.46. The predicted molar refractivity (Wildman–Crippen MR) is 94.1 cm³/mol. The van der Waals surface area contributed by atoms with Crippen molar-refractivity contribution in [2.75, 3.05) is 10.6 Å². The monoisotopic (exact) mass is 372 g/mol. The summed E-state index contributed by atoms with van der Waals surface area (Å²) in [4.78, 5) is 24.3. The van der Waals surface area contributed by atoms with E-state index in [9.17, 15) is 18.4 Å². The SMILES string of the molecule is O=C(Nc1cccc(NC(=O)c2ccco2)c1)c1cccc(OC(F)F)c1. The van der Waals surface area contributed by atoms with E-state index < -0.39 is 18.4 Å². The summed E-state index contributed by atoms with van der Waals surface area (Å²) in [5.41, 5.74) is 1.01. The lowest BCUT2D eigenvalue weighted by molar-refractivity contribution is -0.0498. The Morgan fingerprint density at radius 3 is 2.26 bits per heavy atom. The summed E-state index contributed by atoms with van der Waals surface area (Å²) in [6.07, 6.45) is 1.39. The first-order valence-corrected chi connectivity index (χ1v) is 7.82. The second kappa shape index (κ2) is 8.13. The first kappa shape index (κ1) is 18.1. The van der Waals surface area contributed by atoms with Gasteiger partial charge in [0.05, 0.1) is 6.26 Å². The van der Waals surface area contributed by atoms with E-state index in [1.165, 1.54) is 36.6 Å². The number of hydrogen-bond acceptors (Lipinski definition) is 4. The Morgan fingerprint density at radius 2 is 1.59 bits per heavy atom. The van der Waals surface area contributed by atoms with Gasteiger partial charge in [-0.2, -0.15) is 8.78 Å². The van der Waals surface area contributed by atoms with Gasteiger partial charge in [0.15, 0.2) is 5.76 Å². The van der Waals surface area contributed by atoms with Crippen molar-refractivity contribution in [2.24, 2.45) is 0 Å². The maximum atomic E-state index is 12.3. The van der Waals surface area contributed by atoms with Crippen LogP contribution in [0.4, 0.5) is 20.2 Å². The number of carbonyl (C=O) groups excluding carboxylic acids is 2. The van der Waals surface area contributed by atoms with Crippen molar-refractivity contribution in [3.63, 3.8) is 0 Å². The van der Waals surface area contributed by atoms with Gasteiger partial charge >= 0.3 is 6.61 Å². The molecule has 0 unspecified atom stereocenters. The minimum Gasteiger partial charge on any atom is -0.459 e. The zero-order chi connectivity index (χ0) is 19.2. The normalized spacial score (nSPS) is 10.5. The number of benzene rings is 2. The van der Waals surface area contributed by atoms with E-state index in [1.807, 2.05) is 0 Å². The predicted octanol–water partition coefficient (Wildman–Crippen LogP) is 4.39. The van der Waals surface area contributed by atoms with Gasteiger partial charge in [0.1, 0.15) is 5.75 Å². The number of halogens is 2. The van der Waals surface area contributed by atoms with Crippen LogP contribution < -0.4 is 15.4 Å². The molecule has 27 heavy (non-hydrogen) atoms. The Bertz CT molecular complexity index is 942. The van der Waals surface area contributed by atoms with E-state index in [0.717, 1.165) is 0 Å². The summed E-state index contributed by atoms with van der Waals surface area (Å²) in [6.45, 7) is -2.97. The number of carbonyl (C=O) groups is 2. The molecule has 0 saturated carbocycles. The van der Waals surface area contributed by atoms with E-state index in [-0.39, 0.29) is 17.1 Å². The highest BCUT2D eigenvalue weighted by Gasteiger charge is 2.12. The van der Waals surface area contributed by atoms with Crippen molar-refractivity contribution in [2.45, 2.75) is 6.61 Å². The van der Waals surface area contributed by atoms with E-state index >= 15 is 0 Å². The molecule has 0 aliphatic carbocycles. The van der Waals surface area contributed by atoms with Gasteiger partial charge in [-0.1, -0.05) is 12.1 Å². The van der Waals surface area contributed by atoms with Crippen LogP contribution in [0.1, 0.15) is 20.9 Å². The zero-order valence-electron chi connectivity index (χ0n) is 13.8. The van der Waals surface area contributed by atoms with E-state index in [1.54, 1.807) is 30.3 Å². The molecule has 0 fully saturated rings. The molecule has 0 atom stereocenters. The lowest BCUT2D eigenvalue weighted by Gasteiger charge is -2.09. The number of furan rings is 1. The Balaban J connectivity index is 1.69. The summed E-state index contributed by atoms with van der Waals surface area (Å²) in [5, 5.41) is 5.27. The van der Waals surface area contributed by atoms with Gasteiger partial charge in [0, 0.05) is 16.9 Å². The van der Waals surface area contributed by atoms with Gasteiger partial charge in [-0.3, -0.25) is 9.59 Å². The maximum Gasteiger partial charge on any atom is 0.387 e. The third-order valence-electron chi connectivity index (χ3n) is 3.44. The van der Waals surface area contributed by atoms with Crippen molar-refractivity contribution in [3.05, 3.63) is 78.3 Å². The highest BCUT2D eigenvalue weighted by atomic mass is 19.3. The lowest BCUT2D eigenvalue weighted by atomic mass is 10.2. The molecular weight excluding hydrogens is 358 g/mol. The molecule has 1 aromatic heterocycles. The molecule has 2 N–H and O–H groups in total. The first-order chi connectivity index (χ1) is 13.0. The molecule has 0 aliphatic rings. The Morgan fingerprint density at radius 1 is 0.889 bits per heavy atom. The Labute approximate surface area is 152 Å². The van der Waals surface area contributed by atoms with Crippen LogP contribution in [-0.4, -0.2) is 18.4 Å². The average molecular weight is 372 g/mol. The van der Waals surface area contributed by atoms with Crippen LogP contribution in [0.3, 0.4) is 0 Å². The fourth-order valence-electron chi connectivity index (χ4n) is 2.29. The van der Waals surface area contributed by atoms with Crippen molar-refractivity contribution < 1.29 is 27.5 Å². The van der Waals surface area contributed by atoms with Crippen molar-refractivity contribution in [1.29, 1.82) is 0 Å². The van der Waals surface area contributed by atoms with Crippen LogP contribution in [0.2, 0.25) is 0 Å². The largest absolute Gasteiger partial charge is 0.459 e. The molecule has 0 bridgehead atoms. The second-order valence-electron chi connectivity index (χ2n) is 5.37. The van der Waals surface area contributed by atoms with E-state index in [4.69, 9.17) is 4.42 Å². The van der Waals surface area contributed by atoms with Crippen LogP contribution in [0.15, 0.2) is 71.3 Å². The third kappa shape index (κ3) is 4.91. The lowest BCUT2D eigenvalue weighted by Crippen LogP contribution is -2.14. The van der Waals surface area contributed by atoms with Crippen LogP contribution >= 0.6 is 0 Å². The molecule has 8 heteroatoms. The highest BCUT2D eigenvalue weighted by molar-refractivity contribution is 6.05. The molecule has 2 aromatic carbocycles. The van der Waals surface area contributed by atoms with Gasteiger partial charge < -0.3 is 19.8 Å². The van der Waals surface area contributed by atoms with Gasteiger partial charge in [-0.25, -0.2) is 0 Å². The van der Waals surface area contributed by atoms with Crippen LogP contribution in [0, 0.1) is 0 Å². The quantitative estimate of drug-likeness (QED) is 0.673. The number of ether oxygens (including phenoxy) is 1. The number of nitrogens with one attached hydrogen (secondary N) is 2. The molecule has 6 nitrogen and oxygen atoms in total. The summed E-state index contributed by atoms with van der Waals surface area (Å²) >= 11 is 0. The standard InChI is InChI=1S/C19H14F2N2O4/c20-19(21)27-15-7-1-4-12(10-15)17(24)22-13-5-2-6-14(11-13)23-18(25)16-8-3-9-26-16/h1-11,19H,(H,22,24)(H,23,25). The fraction of sp³-hybridized carbons (Fsp3) is 0.0526. The number of alkyl halides is 2. The van der Waals surface area contributed by atoms with Gasteiger partial charge in [-0.15, -0.1) is 0 Å². The number of amides is 2. The van der Waals surface area contributed by atoms with Crippen molar-refractivity contribution in [3.8, 4) is 5.75 Å². The molecule has 1 heterocycles. The van der Waals surface area contributed by atoms with Crippen LogP contribution in [0.25, 0.3) is 0 Å². The number of rotatable bonds is 6. The zero-order valence-corrected chi connectivity index (χ0v) is 13.8. The third-order valence-corrected chi connectivity index (χ3v) is 3.44. The molecular formula is C19H14F2N2O4. The molecule has 0 saturated heterocycles. The van der Waals surface area contributed by atoms with Crippen LogP contribution in [0.5, 0.6) is 5.75 Å². The molecule has 138 valence electrons.